The molecule has 0 N–H and O–H groups in total. The van der Waals surface area contributed by atoms with Gasteiger partial charge in [-0.1, -0.05) is 6.58 Å². The third kappa shape index (κ3) is 4.02. The first-order valence-corrected chi connectivity index (χ1v) is 5.39. The molecule has 1 rings (SSSR count). The van der Waals surface area contributed by atoms with Crippen molar-refractivity contribution in [3.8, 4) is 0 Å². The highest BCUT2D eigenvalue weighted by molar-refractivity contribution is 5.97. The van der Waals surface area contributed by atoms with E-state index in [1.807, 2.05) is 0 Å². The molecule has 2 amide bonds. The summed E-state index contributed by atoms with van der Waals surface area (Å²) in [5.41, 5.74) is 0. The fourth-order valence-corrected chi connectivity index (χ4v) is 1.50. The van der Waals surface area contributed by atoms with Gasteiger partial charge in [0.1, 0.15) is 6.61 Å². The molecule has 0 radical (unpaired) electrons. The number of ether oxygens (including phenoxy) is 2. The van der Waals surface area contributed by atoms with E-state index in [0.717, 1.165) is 0 Å². The van der Waals surface area contributed by atoms with Crippen LogP contribution in [0.15, 0.2) is 12.8 Å². The molecule has 90 valence electrons. The number of likely N-dealkylation sites (tertiary alicyclic amines) is 1. The minimum Gasteiger partial charge on any atom is -0.499 e. The third-order valence-electron chi connectivity index (χ3n) is 2.31. The smallest absolute Gasteiger partial charge is 0.229 e. The maximum Gasteiger partial charge on any atom is 0.229 e. The summed E-state index contributed by atoms with van der Waals surface area (Å²) < 4.78 is 10.1. The molecule has 0 aromatic rings. The lowest BCUT2D eigenvalue weighted by Gasteiger charge is -2.24. The van der Waals surface area contributed by atoms with Crippen LogP contribution in [0.3, 0.4) is 0 Å². The summed E-state index contributed by atoms with van der Waals surface area (Å²) in [4.78, 5) is 24.0. The van der Waals surface area contributed by atoms with Crippen molar-refractivity contribution in [2.24, 2.45) is 0 Å². The van der Waals surface area contributed by atoms with Gasteiger partial charge in [0.15, 0.2) is 0 Å². The van der Waals surface area contributed by atoms with Crippen molar-refractivity contribution in [3.63, 3.8) is 0 Å². The minimum absolute atomic E-state index is 0.0952. The summed E-state index contributed by atoms with van der Waals surface area (Å²) >= 11 is 0. The first-order chi connectivity index (χ1) is 7.75. The van der Waals surface area contributed by atoms with Gasteiger partial charge < -0.3 is 9.47 Å². The molecule has 0 aromatic carbocycles. The lowest BCUT2D eigenvalue weighted by Crippen LogP contribution is -2.42. The van der Waals surface area contributed by atoms with E-state index in [1.165, 1.54) is 11.2 Å². The van der Waals surface area contributed by atoms with Crippen molar-refractivity contribution < 1.29 is 19.1 Å². The maximum atomic E-state index is 11.4. The van der Waals surface area contributed by atoms with Crippen molar-refractivity contribution in [3.05, 3.63) is 12.8 Å². The first kappa shape index (κ1) is 12.7. The summed E-state index contributed by atoms with van der Waals surface area (Å²) in [7, 11) is 0. The Morgan fingerprint density at radius 2 is 1.88 bits per heavy atom. The Morgan fingerprint density at radius 3 is 2.50 bits per heavy atom. The van der Waals surface area contributed by atoms with Crippen molar-refractivity contribution in [2.75, 3.05) is 26.4 Å². The van der Waals surface area contributed by atoms with Gasteiger partial charge in [-0.25, -0.2) is 0 Å². The summed E-state index contributed by atoms with van der Waals surface area (Å²) in [5.74, 6) is -0.190. The zero-order chi connectivity index (χ0) is 11.8. The van der Waals surface area contributed by atoms with E-state index >= 15 is 0 Å². The Morgan fingerprint density at radius 1 is 1.19 bits per heavy atom. The first-order valence-electron chi connectivity index (χ1n) is 5.39. The van der Waals surface area contributed by atoms with E-state index in [9.17, 15) is 9.59 Å². The lowest BCUT2D eigenvalue weighted by molar-refractivity contribution is -0.148. The van der Waals surface area contributed by atoms with Crippen molar-refractivity contribution in [1.82, 2.24) is 4.90 Å². The number of imide groups is 1. The molecule has 1 fully saturated rings. The Labute approximate surface area is 95.0 Å². The highest BCUT2D eigenvalue weighted by Gasteiger charge is 2.24. The number of hydrogen-bond donors (Lipinski definition) is 0. The van der Waals surface area contributed by atoms with E-state index in [0.29, 0.717) is 45.6 Å². The predicted molar refractivity (Wildman–Crippen MR) is 57.5 cm³/mol. The molecule has 0 bridgehead atoms. The average molecular weight is 227 g/mol. The SMILES string of the molecule is C=COCCOCCN1C(=O)CCCC1=O. The minimum atomic E-state index is -0.0952. The fraction of sp³-hybridized carbons (Fsp3) is 0.636. The molecule has 5 heteroatoms. The second kappa shape index (κ2) is 7.00. The molecule has 0 unspecified atom stereocenters. The lowest BCUT2D eigenvalue weighted by atomic mass is 10.1. The van der Waals surface area contributed by atoms with E-state index in [2.05, 4.69) is 6.58 Å². The number of carbonyl (C=O) groups is 2. The summed E-state index contributed by atoms with van der Waals surface area (Å²) in [6.45, 7) is 4.96. The second-order valence-electron chi connectivity index (χ2n) is 3.44. The van der Waals surface area contributed by atoms with Crippen LogP contribution in [0.5, 0.6) is 0 Å². The molecule has 0 spiro atoms. The zero-order valence-corrected chi connectivity index (χ0v) is 9.31. The summed E-state index contributed by atoms with van der Waals surface area (Å²) in [6.07, 6.45) is 2.94. The van der Waals surface area contributed by atoms with Gasteiger partial charge in [0, 0.05) is 12.8 Å². The fourth-order valence-electron chi connectivity index (χ4n) is 1.50. The Kier molecular flexibility index (Phi) is 5.56. The highest BCUT2D eigenvalue weighted by atomic mass is 16.5. The predicted octanol–water partition coefficient (Wildman–Crippen LogP) is 0.702. The molecular weight excluding hydrogens is 210 g/mol. The highest BCUT2D eigenvalue weighted by Crippen LogP contribution is 2.11. The number of piperidine rings is 1. The number of hydrogen-bond acceptors (Lipinski definition) is 4. The topological polar surface area (TPSA) is 55.8 Å². The number of amides is 2. The van der Waals surface area contributed by atoms with Crippen LogP contribution in [0.1, 0.15) is 19.3 Å². The molecule has 16 heavy (non-hydrogen) atoms. The van der Waals surface area contributed by atoms with Crippen LogP contribution in [-0.4, -0.2) is 43.1 Å². The molecule has 5 nitrogen and oxygen atoms in total. The monoisotopic (exact) mass is 227 g/mol. The van der Waals surface area contributed by atoms with Crippen LogP contribution in [-0.2, 0) is 19.1 Å². The normalized spacial score (nSPS) is 16.4. The van der Waals surface area contributed by atoms with Gasteiger partial charge in [0.25, 0.3) is 0 Å². The molecule has 1 heterocycles. The van der Waals surface area contributed by atoms with Crippen LogP contribution < -0.4 is 0 Å². The van der Waals surface area contributed by atoms with Gasteiger partial charge in [0.2, 0.25) is 11.8 Å². The van der Waals surface area contributed by atoms with Crippen molar-refractivity contribution >= 4 is 11.8 Å². The molecule has 0 saturated carbocycles. The van der Waals surface area contributed by atoms with Gasteiger partial charge in [-0.15, -0.1) is 0 Å². The van der Waals surface area contributed by atoms with Gasteiger partial charge in [0.05, 0.1) is 26.0 Å². The molecule has 1 aliphatic rings. The summed E-state index contributed by atoms with van der Waals surface area (Å²) in [5, 5.41) is 0. The molecular formula is C11H17NO4. The van der Waals surface area contributed by atoms with Crippen molar-refractivity contribution in [1.29, 1.82) is 0 Å². The van der Waals surface area contributed by atoms with E-state index in [1.54, 1.807) is 0 Å². The molecule has 1 saturated heterocycles. The number of carbonyl (C=O) groups excluding carboxylic acids is 2. The van der Waals surface area contributed by atoms with Crippen LogP contribution >= 0.6 is 0 Å². The standard InChI is InChI=1S/C11H17NO4/c1-2-15-8-9-16-7-6-12-10(13)4-3-5-11(12)14/h2H,1,3-9H2. The van der Waals surface area contributed by atoms with Crippen LogP contribution in [0.2, 0.25) is 0 Å². The van der Waals surface area contributed by atoms with Gasteiger partial charge in [-0.05, 0) is 6.42 Å². The molecule has 0 aromatic heterocycles. The van der Waals surface area contributed by atoms with Crippen LogP contribution in [0.4, 0.5) is 0 Å². The zero-order valence-electron chi connectivity index (χ0n) is 9.31. The van der Waals surface area contributed by atoms with Gasteiger partial charge >= 0.3 is 0 Å². The van der Waals surface area contributed by atoms with Gasteiger partial charge in [-0.3, -0.25) is 14.5 Å². The van der Waals surface area contributed by atoms with Crippen LogP contribution in [0, 0.1) is 0 Å². The maximum absolute atomic E-state index is 11.4. The quantitative estimate of drug-likeness (QED) is 0.365. The Balaban J connectivity index is 2.13. The Bertz CT molecular complexity index is 249. The van der Waals surface area contributed by atoms with E-state index < -0.39 is 0 Å². The molecule has 0 aliphatic carbocycles. The van der Waals surface area contributed by atoms with Gasteiger partial charge in [-0.2, -0.15) is 0 Å². The average Bonchev–Trinajstić information content (AvgIpc) is 2.26. The number of nitrogens with zero attached hydrogens (tertiary/aromatic N) is 1. The van der Waals surface area contributed by atoms with E-state index in [4.69, 9.17) is 9.47 Å². The van der Waals surface area contributed by atoms with Crippen LogP contribution in [0.25, 0.3) is 0 Å². The Hall–Kier alpha value is -1.36. The van der Waals surface area contributed by atoms with E-state index in [-0.39, 0.29) is 11.8 Å². The second-order valence-corrected chi connectivity index (χ2v) is 3.44. The number of rotatable bonds is 7. The molecule has 1 aliphatic heterocycles. The molecule has 0 atom stereocenters. The summed E-state index contributed by atoms with van der Waals surface area (Å²) in [6, 6.07) is 0. The largest absolute Gasteiger partial charge is 0.499 e. The third-order valence-corrected chi connectivity index (χ3v) is 2.31. The van der Waals surface area contributed by atoms with Crippen molar-refractivity contribution in [2.45, 2.75) is 19.3 Å².